The van der Waals surface area contributed by atoms with Gasteiger partial charge in [-0.2, -0.15) is 0 Å². The number of aromatic hydroxyl groups is 2. The molecule has 502 valence electrons. The second-order valence-electron chi connectivity index (χ2n) is 25.5. The Labute approximate surface area is 589 Å². The Bertz CT molecular complexity index is 6120. The summed E-state index contributed by atoms with van der Waals surface area (Å²) < 4.78 is 44.7. The number of furan rings is 2. The number of benzene rings is 10. The van der Waals surface area contributed by atoms with E-state index in [4.69, 9.17) is 37.3 Å². The SMILES string of the molecule is COc1cc2cncc(Cc3cnc4ccccc4c3)c2cc1O.COc1cc2cncc(Cc3cnc4ccccc4c3)c2cc1O.c1ccc2c(c1)oc1ccc(Cc3cncc4cc5c(cc34)OCCO5)cc12.c1ccc2c(c1)oc1ccc(Cc3cncc4cc5c(cc34)OCO5)cc12. The van der Waals surface area contributed by atoms with Crippen LogP contribution >= 0.6 is 0 Å². The molecule has 10 heterocycles. The van der Waals surface area contributed by atoms with E-state index in [0.29, 0.717) is 37.6 Å². The molecule has 16 heteroatoms. The van der Waals surface area contributed by atoms with E-state index in [-0.39, 0.29) is 18.3 Å². The number of phenols is 2. The molecule has 2 N–H and O–H groups in total. The second-order valence-corrected chi connectivity index (χ2v) is 25.5. The van der Waals surface area contributed by atoms with Gasteiger partial charge in [-0.25, -0.2) is 0 Å². The molecule has 16 nitrogen and oxygen atoms in total. The Hall–Kier alpha value is -13.3. The number of aromatic nitrogens is 6. The Kier molecular flexibility index (Phi) is 16.8. The molecular weight excluding hydrogens is 1290 g/mol. The van der Waals surface area contributed by atoms with Gasteiger partial charge in [-0.3, -0.25) is 29.9 Å². The largest absolute Gasteiger partial charge is 0.504 e. The highest BCUT2D eigenvalue weighted by Gasteiger charge is 2.20. The average Bonchev–Trinajstić information content (AvgIpc) is 1.78. The number of ether oxygens (including phenoxy) is 6. The van der Waals surface area contributed by atoms with Gasteiger partial charge in [0.05, 0.1) is 25.3 Å². The molecular formula is C87H64N6O10. The number of hydrogen-bond donors (Lipinski definition) is 2. The predicted molar refractivity (Wildman–Crippen MR) is 403 cm³/mol. The quantitative estimate of drug-likeness (QED) is 0.131. The van der Waals surface area contributed by atoms with Crippen molar-refractivity contribution in [2.75, 3.05) is 34.2 Å². The highest BCUT2D eigenvalue weighted by atomic mass is 16.7. The third-order valence-electron chi connectivity index (χ3n) is 18.9. The number of methoxy groups -OCH3 is 2. The predicted octanol–water partition coefficient (Wildman–Crippen LogP) is 19.1. The van der Waals surface area contributed by atoms with Crippen LogP contribution in [0.1, 0.15) is 44.5 Å². The highest BCUT2D eigenvalue weighted by molar-refractivity contribution is 6.06. The summed E-state index contributed by atoms with van der Waals surface area (Å²) in [4.78, 5) is 26.5. The summed E-state index contributed by atoms with van der Waals surface area (Å²) in [5.41, 5.74) is 14.7. The second kappa shape index (κ2) is 27.4. The average molecular weight is 1350 g/mol. The Morgan fingerprint density at radius 3 is 1.14 bits per heavy atom. The van der Waals surface area contributed by atoms with Gasteiger partial charge in [-0.05, 0) is 188 Å². The third kappa shape index (κ3) is 12.8. The van der Waals surface area contributed by atoms with E-state index < -0.39 is 0 Å². The fourth-order valence-electron chi connectivity index (χ4n) is 13.8. The molecule has 18 aromatic rings. The number of fused-ring (bicyclic) bond motifs is 14. The van der Waals surface area contributed by atoms with Crippen molar-refractivity contribution in [3.63, 3.8) is 0 Å². The normalized spacial score (nSPS) is 12.2. The van der Waals surface area contributed by atoms with E-state index in [0.717, 1.165) is 172 Å². The number of para-hydroxylation sites is 4. The lowest BCUT2D eigenvalue weighted by molar-refractivity contribution is 0.172. The zero-order valence-electron chi connectivity index (χ0n) is 56.0. The van der Waals surface area contributed by atoms with Crippen molar-refractivity contribution in [1.82, 2.24) is 29.9 Å². The molecule has 10 aromatic carbocycles. The van der Waals surface area contributed by atoms with Gasteiger partial charge in [-0.1, -0.05) is 84.9 Å². The molecule has 0 fully saturated rings. The number of nitrogens with zero attached hydrogens (tertiary/aromatic N) is 6. The van der Waals surface area contributed by atoms with Crippen LogP contribution in [-0.2, 0) is 25.7 Å². The first kappa shape index (κ1) is 63.1. The molecule has 0 amide bonds. The van der Waals surface area contributed by atoms with Gasteiger partial charge in [-0.15, -0.1) is 0 Å². The summed E-state index contributed by atoms with van der Waals surface area (Å²) in [6.07, 6.45) is 21.6. The van der Waals surface area contributed by atoms with Crippen molar-refractivity contribution in [2.24, 2.45) is 0 Å². The van der Waals surface area contributed by atoms with Crippen molar-refractivity contribution in [1.29, 1.82) is 0 Å². The summed E-state index contributed by atoms with van der Waals surface area (Å²) in [5.74, 6) is 4.36. The molecule has 0 bridgehead atoms. The zero-order chi connectivity index (χ0) is 69.3. The lowest BCUT2D eigenvalue weighted by atomic mass is 9.99. The standard InChI is InChI=1S/C24H17NO3.C23H15NO3.2C20H16N2O2/c1-2-4-21-18(3-1)20-10-15(5-6-22(20)28-21)9-16-13-25-14-17-11-23-24(12-19(16)17)27-8-7-26-23;1-2-4-20-17(3-1)19-8-14(5-6-21(19)27-20)7-15-11-24-12-16-9-22-23(10-18(15)16)26-13-25-22;2*1-24-20-8-16-12-21-11-15(17(16)9-19(20)23)7-13-6-14-4-2-3-5-18(14)22-10-13/h1-6,10-14H,7-9H2;1-6,8-12H,7,13H2;2*2-6,8-12,23H,7H2,1H3. The summed E-state index contributed by atoms with van der Waals surface area (Å²) in [7, 11) is 3.08. The summed E-state index contributed by atoms with van der Waals surface area (Å²) in [6.45, 7) is 1.45. The number of pyridine rings is 6. The van der Waals surface area contributed by atoms with Crippen molar-refractivity contribution in [2.45, 2.75) is 25.7 Å². The van der Waals surface area contributed by atoms with E-state index in [9.17, 15) is 10.2 Å². The number of rotatable bonds is 10. The van der Waals surface area contributed by atoms with Gasteiger partial charge in [0, 0.05) is 129 Å². The Morgan fingerprint density at radius 1 is 0.311 bits per heavy atom. The van der Waals surface area contributed by atoms with Crippen LogP contribution in [0.3, 0.4) is 0 Å². The van der Waals surface area contributed by atoms with Crippen LogP contribution in [0.15, 0.2) is 265 Å². The molecule has 0 unspecified atom stereocenters. The van der Waals surface area contributed by atoms with Crippen LogP contribution in [0, 0.1) is 0 Å². The van der Waals surface area contributed by atoms with Crippen molar-refractivity contribution < 1.29 is 47.5 Å². The lowest BCUT2D eigenvalue weighted by Gasteiger charge is -2.19. The molecule has 0 saturated heterocycles. The molecule has 0 radical (unpaired) electrons. The summed E-state index contributed by atoms with van der Waals surface area (Å²) in [5, 5.41) is 35.2. The Balaban J connectivity index is 0.000000102. The van der Waals surface area contributed by atoms with Gasteiger partial charge in [0.25, 0.3) is 0 Å². The topological polar surface area (TPSA) is 199 Å². The smallest absolute Gasteiger partial charge is 0.231 e. The van der Waals surface area contributed by atoms with E-state index in [2.05, 4.69) is 115 Å². The minimum Gasteiger partial charge on any atom is -0.504 e. The van der Waals surface area contributed by atoms with Gasteiger partial charge in [0.2, 0.25) is 6.79 Å². The molecule has 8 aromatic heterocycles. The maximum atomic E-state index is 10.1. The molecule has 0 aliphatic carbocycles. The first-order valence-electron chi connectivity index (χ1n) is 33.8. The van der Waals surface area contributed by atoms with Crippen LogP contribution in [0.5, 0.6) is 46.0 Å². The lowest BCUT2D eigenvalue weighted by Crippen LogP contribution is -2.15. The maximum Gasteiger partial charge on any atom is 0.231 e. The summed E-state index contributed by atoms with van der Waals surface area (Å²) in [6, 6.07) is 64.7. The molecule has 0 saturated carbocycles. The maximum absolute atomic E-state index is 10.1. The molecule has 2 aliphatic heterocycles. The van der Waals surface area contributed by atoms with Crippen molar-refractivity contribution in [3.8, 4) is 46.0 Å². The van der Waals surface area contributed by atoms with Crippen LogP contribution in [0.2, 0.25) is 0 Å². The van der Waals surface area contributed by atoms with E-state index in [1.807, 2.05) is 135 Å². The number of hydrogen-bond acceptors (Lipinski definition) is 16. The van der Waals surface area contributed by atoms with Crippen LogP contribution in [0.25, 0.3) is 109 Å². The molecule has 103 heavy (non-hydrogen) atoms. The van der Waals surface area contributed by atoms with E-state index in [1.165, 1.54) is 16.7 Å². The van der Waals surface area contributed by atoms with Crippen molar-refractivity contribution in [3.05, 3.63) is 301 Å². The van der Waals surface area contributed by atoms with Crippen LogP contribution in [0.4, 0.5) is 0 Å². The fourth-order valence-corrected chi connectivity index (χ4v) is 13.8. The first-order chi connectivity index (χ1) is 50.7. The van der Waals surface area contributed by atoms with Crippen LogP contribution < -0.4 is 28.4 Å². The van der Waals surface area contributed by atoms with E-state index in [1.54, 1.807) is 50.9 Å². The van der Waals surface area contributed by atoms with Gasteiger partial charge < -0.3 is 47.5 Å². The third-order valence-corrected chi connectivity index (χ3v) is 18.9. The number of phenolic OH excluding ortho intramolecular Hbond substituents is 2. The Morgan fingerprint density at radius 2 is 0.680 bits per heavy atom. The van der Waals surface area contributed by atoms with Crippen LogP contribution in [-0.4, -0.2) is 74.3 Å². The van der Waals surface area contributed by atoms with Crippen molar-refractivity contribution >= 4 is 109 Å². The highest BCUT2D eigenvalue weighted by Crippen LogP contribution is 2.41. The zero-order valence-corrected chi connectivity index (χ0v) is 56.0. The minimum absolute atomic E-state index is 0.133. The van der Waals surface area contributed by atoms with Gasteiger partial charge in [0.1, 0.15) is 35.5 Å². The molecule has 2 aliphatic rings. The minimum atomic E-state index is 0.133. The molecule has 20 rings (SSSR count). The van der Waals surface area contributed by atoms with E-state index >= 15 is 0 Å². The molecule has 0 atom stereocenters. The first-order valence-corrected chi connectivity index (χ1v) is 33.8. The monoisotopic (exact) mass is 1350 g/mol. The van der Waals surface area contributed by atoms with Gasteiger partial charge >= 0.3 is 0 Å². The van der Waals surface area contributed by atoms with Gasteiger partial charge in [0.15, 0.2) is 46.0 Å². The summed E-state index contributed by atoms with van der Waals surface area (Å²) >= 11 is 0. The molecule has 0 spiro atoms. The fraction of sp³-hybridized carbons (Fsp3) is 0.103.